The zero-order valence-corrected chi connectivity index (χ0v) is 15.1. The molecule has 3 heteroatoms. The summed E-state index contributed by atoms with van der Waals surface area (Å²) in [4.78, 5) is 0. The summed E-state index contributed by atoms with van der Waals surface area (Å²) in [5.41, 5.74) is 1.20. The zero-order valence-electron chi connectivity index (χ0n) is 13.5. The number of hydrogen-bond donors (Lipinski definition) is 1. The van der Waals surface area contributed by atoms with Crippen molar-refractivity contribution in [2.75, 3.05) is 6.54 Å². The van der Waals surface area contributed by atoms with Crippen LogP contribution in [0, 0.1) is 11.8 Å². The first-order valence-electron chi connectivity index (χ1n) is 8.05. The maximum absolute atomic E-state index is 6.50. The molecule has 0 saturated heterocycles. The van der Waals surface area contributed by atoms with Crippen LogP contribution < -0.4 is 5.32 Å². The quantitative estimate of drug-likeness (QED) is 0.749. The number of rotatable bonds is 4. The minimum atomic E-state index is 0.0228. The average Bonchev–Trinajstić information content (AvgIpc) is 2.42. The monoisotopic (exact) mass is 327 g/mol. The zero-order chi connectivity index (χ0) is 15.6. The van der Waals surface area contributed by atoms with Gasteiger partial charge in [0.1, 0.15) is 0 Å². The van der Waals surface area contributed by atoms with Gasteiger partial charge in [0, 0.05) is 6.04 Å². The Balaban J connectivity index is 2.34. The molecule has 3 atom stereocenters. The molecule has 0 aromatic heterocycles. The number of nitrogens with one attached hydrogen (secondary N) is 1. The van der Waals surface area contributed by atoms with E-state index in [0.717, 1.165) is 17.5 Å². The molecule has 0 aliphatic heterocycles. The van der Waals surface area contributed by atoms with Gasteiger partial charge < -0.3 is 5.32 Å². The highest BCUT2D eigenvalue weighted by molar-refractivity contribution is 6.42. The first-order valence-corrected chi connectivity index (χ1v) is 8.81. The molecular formula is C18H27Cl2N. The molecule has 3 unspecified atom stereocenters. The first kappa shape index (κ1) is 17.1. The van der Waals surface area contributed by atoms with Gasteiger partial charge in [0.2, 0.25) is 0 Å². The van der Waals surface area contributed by atoms with E-state index in [1.807, 2.05) is 12.1 Å². The molecule has 1 nitrogen and oxygen atoms in total. The van der Waals surface area contributed by atoms with E-state index in [-0.39, 0.29) is 5.41 Å². The molecular weight excluding hydrogens is 301 g/mol. The first-order chi connectivity index (χ1) is 9.87. The molecule has 0 amide bonds. The van der Waals surface area contributed by atoms with Crippen LogP contribution in [0.1, 0.15) is 52.5 Å². The second-order valence-electron chi connectivity index (χ2n) is 7.01. The van der Waals surface area contributed by atoms with Gasteiger partial charge in [-0.15, -0.1) is 0 Å². The van der Waals surface area contributed by atoms with Crippen molar-refractivity contribution in [3.05, 3.63) is 33.8 Å². The average molecular weight is 328 g/mol. The van der Waals surface area contributed by atoms with Gasteiger partial charge in [-0.2, -0.15) is 0 Å². The molecule has 1 aromatic carbocycles. The van der Waals surface area contributed by atoms with E-state index in [1.54, 1.807) is 0 Å². The Morgan fingerprint density at radius 2 is 1.95 bits per heavy atom. The van der Waals surface area contributed by atoms with Gasteiger partial charge in [0.05, 0.1) is 10.0 Å². The molecule has 1 aliphatic rings. The van der Waals surface area contributed by atoms with Gasteiger partial charge in [0.15, 0.2) is 0 Å². The highest BCUT2D eigenvalue weighted by Gasteiger charge is 2.40. The highest BCUT2D eigenvalue weighted by Crippen LogP contribution is 2.45. The van der Waals surface area contributed by atoms with E-state index < -0.39 is 0 Å². The van der Waals surface area contributed by atoms with Crippen molar-refractivity contribution in [3.8, 4) is 0 Å². The Morgan fingerprint density at radius 3 is 2.62 bits per heavy atom. The smallest absolute Gasteiger partial charge is 0.0629 e. The standard InChI is InChI=1S/C18H27Cl2N/c1-5-21-16-11-12(2)9-10-13(16)18(3,4)14-7-6-8-15(19)17(14)20/h6-8,12-13,16,21H,5,9-11H2,1-4H3. The SMILES string of the molecule is CCNC1CC(C)CCC1C(C)(C)c1cccc(Cl)c1Cl. The van der Waals surface area contributed by atoms with E-state index in [0.29, 0.717) is 17.0 Å². The Bertz CT molecular complexity index is 484. The van der Waals surface area contributed by atoms with E-state index in [2.05, 4.69) is 39.1 Å². The maximum Gasteiger partial charge on any atom is 0.0629 e. The second kappa shape index (κ2) is 6.89. The number of hydrogen-bond acceptors (Lipinski definition) is 1. The maximum atomic E-state index is 6.50. The summed E-state index contributed by atoms with van der Waals surface area (Å²) in [7, 11) is 0. The van der Waals surface area contributed by atoms with Crippen LogP contribution in [0.25, 0.3) is 0 Å². The van der Waals surface area contributed by atoms with Crippen LogP contribution in [0.3, 0.4) is 0 Å². The van der Waals surface area contributed by atoms with Crippen molar-refractivity contribution >= 4 is 23.2 Å². The van der Waals surface area contributed by atoms with Gasteiger partial charge in [-0.1, -0.05) is 69.5 Å². The van der Waals surface area contributed by atoms with Crippen LogP contribution in [0.15, 0.2) is 18.2 Å². The fourth-order valence-electron chi connectivity index (χ4n) is 3.93. The second-order valence-corrected chi connectivity index (χ2v) is 7.80. The Labute approximate surface area is 139 Å². The predicted octanol–water partition coefficient (Wildman–Crippen LogP) is 5.69. The summed E-state index contributed by atoms with van der Waals surface area (Å²) in [5, 5.41) is 5.08. The molecule has 0 bridgehead atoms. The van der Waals surface area contributed by atoms with Crippen LogP contribution in [0.4, 0.5) is 0 Å². The Morgan fingerprint density at radius 1 is 1.24 bits per heavy atom. The summed E-state index contributed by atoms with van der Waals surface area (Å²) in [5.74, 6) is 1.39. The summed E-state index contributed by atoms with van der Waals surface area (Å²) in [6.07, 6.45) is 3.79. The lowest BCUT2D eigenvalue weighted by Crippen LogP contribution is -2.48. The molecule has 1 aromatic rings. The fourth-order valence-corrected chi connectivity index (χ4v) is 4.48. The molecule has 0 heterocycles. The molecule has 118 valence electrons. The van der Waals surface area contributed by atoms with Crippen LogP contribution >= 0.6 is 23.2 Å². The van der Waals surface area contributed by atoms with E-state index in [1.165, 1.54) is 24.8 Å². The van der Waals surface area contributed by atoms with Crippen molar-refractivity contribution in [2.45, 2.75) is 58.4 Å². The molecule has 0 radical (unpaired) electrons. The van der Waals surface area contributed by atoms with Gasteiger partial charge in [-0.05, 0) is 48.3 Å². The fraction of sp³-hybridized carbons (Fsp3) is 0.667. The largest absolute Gasteiger partial charge is 0.314 e. The summed E-state index contributed by atoms with van der Waals surface area (Å²) in [6.45, 7) is 10.2. The van der Waals surface area contributed by atoms with Gasteiger partial charge in [0.25, 0.3) is 0 Å². The Hall–Kier alpha value is -0.240. The van der Waals surface area contributed by atoms with Crippen molar-refractivity contribution in [2.24, 2.45) is 11.8 Å². The predicted molar refractivity (Wildman–Crippen MR) is 93.5 cm³/mol. The van der Waals surface area contributed by atoms with Crippen molar-refractivity contribution in [1.82, 2.24) is 5.32 Å². The van der Waals surface area contributed by atoms with E-state index >= 15 is 0 Å². The third-order valence-corrected chi connectivity index (χ3v) is 5.97. The van der Waals surface area contributed by atoms with Crippen molar-refractivity contribution in [3.63, 3.8) is 0 Å². The summed E-state index contributed by atoms with van der Waals surface area (Å²) < 4.78 is 0. The summed E-state index contributed by atoms with van der Waals surface area (Å²) >= 11 is 12.7. The van der Waals surface area contributed by atoms with Gasteiger partial charge in [-0.3, -0.25) is 0 Å². The third kappa shape index (κ3) is 3.57. The van der Waals surface area contributed by atoms with Crippen molar-refractivity contribution in [1.29, 1.82) is 0 Å². The van der Waals surface area contributed by atoms with Gasteiger partial charge >= 0.3 is 0 Å². The topological polar surface area (TPSA) is 12.0 Å². The lowest BCUT2D eigenvalue weighted by Gasteiger charge is -2.45. The molecule has 1 N–H and O–H groups in total. The number of benzene rings is 1. The van der Waals surface area contributed by atoms with Crippen LogP contribution in [0.2, 0.25) is 10.0 Å². The summed E-state index contributed by atoms with van der Waals surface area (Å²) in [6, 6.07) is 6.58. The molecule has 2 rings (SSSR count). The van der Waals surface area contributed by atoms with Crippen LogP contribution in [-0.2, 0) is 5.41 Å². The molecule has 1 fully saturated rings. The van der Waals surface area contributed by atoms with E-state index in [4.69, 9.17) is 23.2 Å². The van der Waals surface area contributed by atoms with Crippen LogP contribution in [-0.4, -0.2) is 12.6 Å². The lowest BCUT2D eigenvalue weighted by atomic mass is 9.63. The molecule has 1 saturated carbocycles. The minimum absolute atomic E-state index is 0.0228. The minimum Gasteiger partial charge on any atom is -0.314 e. The number of halogens is 2. The molecule has 0 spiro atoms. The van der Waals surface area contributed by atoms with E-state index in [9.17, 15) is 0 Å². The molecule has 21 heavy (non-hydrogen) atoms. The normalized spacial score (nSPS) is 26.9. The lowest BCUT2D eigenvalue weighted by molar-refractivity contribution is 0.147. The molecule has 1 aliphatic carbocycles. The van der Waals surface area contributed by atoms with Crippen LogP contribution in [0.5, 0.6) is 0 Å². The third-order valence-electron chi connectivity index (χ3n) is 5.15. The Kier molecular flexibility index (Phi) is 5.62. The van der Waals surface area contributed by atoms with Gasteiger partial charge in [-0.25, -0.2) is 0 Å². The van der Waals surface area contributed by atoms with Crippen molar-refractivity contribution < 1.29 is 0 Å². The highest BCUT2D eigenvalue weighted by atomic mass is 35.5.